The number of rotatable bonds is 3. The topological polar surface area (TPSA) is 62.6 Å². The van der Waals surface area contributed by atoms with Gasteiger partial charge in [-0.05, 0) is 62.6 Å². The number of nitrogens with one attached hydrogen (secondary N) is 1. The number of hydrogen-bond donors (Lipinski definition) is 1. The van der Waals surface area contributed by atoms with Crippen LogP contribution in [0.25, 0.3) is 11.0 Å². The normalized spacial score (nSPS) is 13.9. The van der Waals surface area contributed by atoms with E-state index in [1.807, 2.05) is 43.0 Å². The summed E-state index contributed by atoms with van der Waals surface area (Å²) in [7, 11) is 0. The minimum atomic E-state index is -0.322. The van der Waals surface area contributed by atoms with E-state index in [9.17, 15) is 9.59 Å². The molecule has 1 aliphatic heterocycles. The standard InChI is InChI=1S/C22H22N2O3/c1-14-8-9-19-16(12-14)13-20(27-19)21(25)23-18-7-5-6-17(15(18)2)22(26)24-10-3-4-11-24/h5-9,12-13H,3-4,10-11H2,1-2H3,(H,23,25). The van der Waals surface area contributed by atoms with Crippen LogP contribution in [0, 0.1) is 13.8 Å². The molecule has 1 fully saturated rings. The van der Waals surface area contributed by atoms with Crippen molar-refractivity contribution in [3.8, 4) is 0 Å². The zero-order valence-corrected chi connectivity index (χ0v) is 15.5. The molecular weight excluding hydrogens is 340 g/mol. The summed E-state index contributed by atoms with van der Waals surface area (Å²) in [5, 5.41) is 3.78. The molecule has 1 aliphatic rings. The molecule has 1 aromatic heterocycles. The molecule has 0 saturated carbocycles. The first kappa shape index (κ1) is 17.3. The average Bonchev–Trinajstić information content (AvgIpc) is 3.32. The Morgan fingerprint density at radius 1 is 1.04 bits per heavy atom. The van der Waals surface area contributed by atoms with Gasteiger partial charge in [0.2, 0.25) is 0 Å². The van der Waals surface area contributed by atoms with Gasteiger partial charge in [0.1, 0.15) is 5.58 Å². The number of carbonyl (C=O) groups excluding carboxylic acids is 2. The van der Waals surface area contributed by atoms with Gasteiger partial charge in [-0.25, -0.2) is 0 Å². The zero-order chi connectivity index (χ0) is 19.0. The van der Waals surface area contributed by atoms with Crippen LogP contribution in [0.15, 0.2) is 46.9 Å². The van der Waals surface area contributed by atoms with Crippen LogP contribution in [0.3, 0.4) is 0 Å². The van der Waals surface area contributed by atoms with E-state index in [1.165, 1.54) is 0 Å². The highest BCUT2D eigenvalue weighted by molar-refractivity contribution is 6.06. The van der Waals surface area contributed by atoms with Crippen LogP contribution in [0.5, 0.6) is 0 Å². The summed E-state index contributed by atoms with van der Waals surface area (Å²) < 4.78 is 5.67. The Bertz CT molecular complexity index is 1030. The van der Waals surface area contributed by atoms with Crippen LogP contribution in [0.4, 0.5) is 5.69 Å². The van der Waals surface area contributed by atoms with Crippen molar-refractivity contribution in [2.24, 2.45) is 0 Å². The van der Waals surface area contributed by atoms with E-state index < -0.39 is 0 Å². The first-order valence-electron chi connectivity index (χ1n) is 9.23. The van der Waals surface area contributed by atoms with Crippen molar-refractivity contribution >= 4 is 28.5 Å². The SMILES string of the molecule is Cc1ccc2oc(C(=O)Nc3cccc(C(=O)N4CCCC4)c3C)cc2c1. The van der Waals surface area contributed by atoms with E-state index in [0.717, 1.165) is 42.4 Å². The molecule has 2 aromatic carbocycles. The summed E-state index contributed by atoms with van der Waals surface area (Å²) >= 11 is 0. The molecule has 0 unspecified atom stereocenters. The second-order valence-corrected chi connectivity index (χ2v) is 7.08. The molecule has 5 heteroatoms. The van der Waals surface area contributed by atoms with Gasteiger partial charge in [-0.1, -0.05) is 17.7 Å². The van der Waals surface area contributed by atoms with Gasteiger partial charge in [0, 0.05) is 29.7 Å². The molecule has 0 bridgehead atoms. The second kappa shape index (κ2) is 6.91. The number of fused-ring (bicyclic) bond motifs is 1. The third-order valence-electron chi connectivity index (χ3n) is 5.10. The molecular formula is C22H22N2O3. The van der Waals surface area contributed by atoms with Gasteiger partial charge in [0.05, 0.1) is 0 Å². The number of carbonyl (C=O) groups is 2. The molecule has 0 atom stereocenters. The van der Waals surface area contributed by atoms with Crippen molar-refractivity contribution < 1.29 is 14.0 Å². The molecule has 2 heterocycles. The molecule has 0 spiro atoms. The van der Waals surface area contributed by atoms with Crippen molar-refractivity contribution in [3.63, 3.8) is 0 Å². The van der Waals surface area contributed by atoms with Crippen LogP contribution < -0.4 is 5.32 Å². The number of furan rings is 1. The van der Waals surface area contributed by atoms with Gasteiger partial charge < -0.3 is 14.6 Å². The van der Waals surface area contributed by atoms with Crippen molar-refractivity contribution in [3.05, 3.63) is 64.9 Å². The zero-order valence-electron chi connectivity index (χ0n) is 15.5. The van der Waals surface area contributed by atoms with Gasteiger partial charge in [0.25, 0.3) is 11.8 Å². The van der Waals surface area contributed by atoms with Crippen molar-refractivity contribution in [1.82, 2.24) is 4.90 Å². The molecule has 4 rings (SSSR count). The van der Waals surface area contributed by atoms with E-state index >= 15 is 0 Å². The van der Waals surface area contributed by atoms with E-state index in [4.69, 9.17) is 4.42 Å². The van der Waals surface area contributed by atoms with Crippen LogP contribution in [-0.2, 0) is 0 Å². The summed E-state index contributed by atoms with van der Waals surface area (Å²) in [6.07, 6.45) is 2.10. The fourth-order valence-corrected chi connectivity index (χ4v) is 3.55. The maximum atomic E-state index is 12.7. The Morgan fingerprint density at radius 2 is 1.81 bits per heavy atom. The summed E-state index contributed by atoms with van der Waals surface area (Å²) in [5.74, 6) is -0.0377. The lowest BCUT2D eigenvalue weighted by atomic mass is 10.1. The molecule has 2 amide bonds. The Kier molecular flexibility index (Phi) is 4.44. The number of anilines is 1. The van der Waals surface area contributed by atoms with Crippen LogP contribution in [0.1, 0.15) is 44.9 Å². The number of amides is 2. The highest BCUT2D eigenvalue weighted by Gasteiger charge is 2.22. The molecule has 0 aliphatic carbocycles. The second-order valence-electron chi connectivity index (χ2n) is 7.08. The summed E-state index contributed by atoms with van der Waals surface area (Å²) in [6, 6.07) is 13.0. The number of likely N-dealkylation sites (tertiary alicyclic amines) is 1. The third kappa shape index (κ3) is 3.33. The average molecular weight is 362 g/mol. The van der Waals surface area contributed by atoms with E-state index in [2.05, 4.69) is 5.32 Å². The number of nitrogens with zero attached hydrogens (tertiary/aromatic N) is 1. The largest absolute Gasteiger partial charge is 0.451 e. The van der Waals surface area contributed by atoms with Crippen molar-refractivity contribution in [1.29, 1.82) is 0 Å². The molecule has 1 N–H and O–H groups in total. The maximum Gasteiger partial charge on any atom is 0.291 e. The molecule has 3 aromatic rings. The highest BCUT2D eigenvalue weighted by atomic mass is 16.3. The Balaban J connectivity index is 1.58. The summed E-state index contributed by atoms with van der Waals surface area (Å²) in [6.45, 7) is 5.46. The predicted molar refractivity (Wildman–Crippen MR) is 105 cm³/mol. The van der Waals surface area contributed by atoms with Gasteiger partial charge in [0.15, 0.2) is 5.76 Å². The van der Waals surface area contributed by atoms with Crippen molar-refractivity contribution in [2.75, 3.05) is 18.4 Å². The van der Waals surface area contributed by atoms with Gasteiger partial charge >= 0.3 is 0 Å². The summed E-state index contributed by atoms with van der Waals surface area (Å²) in [5.41, 5.74) is 3.82. The van der Waals surface area contributed by atoms with E-state index in [-0.39, 0.29) is 17.6 Å². The fraction of sp³-hybridized carbons (Fsp3) is 0.273. The van der Waals surface area contributed by atoms with E-state index in [0.29, 0.717) is 16.8 Å². The van der Waals surface area contributed by atoms with E-state index in [1.54, 1.807) is 18.2 Å². The predicted octanol–water partition coefficient (Wildman–Crippen LogP) is 4.54. The first-order valence-corrected chi connectivity index (χ1v) is 9.23. The monoisotopic (exact) mass is 362 g/mol. The van der Waals surface area contributed by atoms with Crippen LogP contribution in [-0.4, -0.2) is 29.8 Å². The smallest absolute Gasteiger partial charge is 0.291 e. The Hall–Kier alpha value is -3.08. The molecule has 1 saturated heterocycles. The fourth-order valence-electron chi connectivity index (χ4n) is 3.55. The molecule has 5 nitrogen and oxygen atoms in total. The number of benzene rings is 2. The lowest BCUT2D eigenvalue weighted by Crippen LogP contribution is -2.28. The van der Waals surface area contributed by atoms with Gasteiger partial charge in [-0.15, -0.1) is 0 Å². The summed E-state index contributed by atoms with van der Waals surface area (Å²) in [4.78, 5) is 27.2. The lowest BCUT2D eigenvalue weighted by Gasteiger charge is -2.18. The molecule has 27 heavy (non-hydrogen) atoms. The minimum absolute atomic E-state index is 0.0281. The first-order chi connectivity index (χ1) is 13.0. The molecule has 138 valence electrons. The Morgan fingerprint density at radius 3 is 2.59 bits per heavy atom. The van der Waals surface area contributed by atoms with Crippen molar-refractivity contribution in [2.45, 2.75) is 26.7 Å². The van der Waals surface area contributed by atoms with Gasteiger partial charge in [-0.3, -0.25) is 9.59 Å². The number of hydrogen-bond acceptors (Lipinski definition) is 3. The highest BCUT2D eigenvalue weighted by Crippen LogP contribution is 2.25. The van der Waals surface area contributed by atoms with Gasteiger partial charge in [-0.2, -0.15) is 0 Å². The Labute approximate surface area is 158 Å². The quantitative estimate of drug-likeness (QED) is 0.744. The number of aryl methyl sites for hydroxylation is 1. The van der Waals surface area contributed by atoms with Crippen LogP contribution in [0.2, 0.25) is 0 Å². The lowest BCUT2D eigenvalue weighted by molar-refractivity contribution is 0.0791. The molecule has 0 radical (unpaired) electrons. The maximum absolute atomic E-state index is 12.7. The van der Waals surface area contributed by atoms with Crippen LogP contribution >= 0.6 is 0 Å². The third-order valence-corrected chi connectivity index (χ3v) is 5.10. The minimum Gasteiger partial charge on any atom is -0.451 e.